The van der Waals surface area contributed by atoms with Gasteiger partial charge in [0.15, 0.2) is 0 Å². The van der Waals surface area contributed by atoms with Gasteiger partial charge in [-0.1, -0.05) is 12.1 Å². The number of nitrogens with two attached hydrogens (primary N) is 1. The summed E-state index contributed by atoms with van der Waals surface area (Å²) >= 11 is 0. The Kier molecular flexibility index (Phi) is 3.80. The number of esters is 1. The van der Waals surface area contributed by atoms with Crippen molar-refractivity contribution in [3.63, 3.8) is 0 Å². The standard InChI is InChI=1S/C15H21NO3/c1-15(2,14(17)18-3)13(16)11-6-7-12-10(9-11)5-4-8-19-12/h6-7,9,13H,4-5,8,16H2,1-3H3. The highest BCUT2D eigenvalue weighted by Crippen LogP contribution is 2.35. The Hall–Kier alpha value is -1.55. The second kappa shape index (κ2) is 5.21. The number of fused-ring (bicyclic) bond motifs is 1. The molecular weight excluding hydrogens is 242 g/mol. The van der Waals surface area contributed by atoms with E-state index in [1.165, 1.54) is 12.7 Å². The van der Waals surface area contributed by atoms with E-state index in [1.54, 1.807) is 13.8 Å². The molecule has 1 aliphatic heterocycles. The Morgan fingerprint density at radius 1 is 1.47 bits per heavy atom. The van der Waals surface area contributed by atoms with Crippen LogP contribution in [-0.4, -0.2) is 19.7 Å². The number of carbonyl (C=O) groups excluding carboxylic acids is 1. The fraction of sp³-hybridized carbons (Fsp3) is 0.533. The summed E-state index contributed by atoms with van der Waals surface area (Å²) in [7, 11) is 1.39. The van der Waals surface area contributed by atoms with E-state index >= 15 is 0 Å². The van der Waals surface area contributed by atoms with Crippen LogP contribution in [0.5, 0.6) is 5.75 Å². The van der Waals surface area contributed by atoms with Crippen LogP contribution in [0.2, 0.25) is 0 Å². The van der Waals surface area contributed by atoms with Crippen LogP contribution < -0.4 is 10.5 Å². The maximum Gasteiger partial charge on any atom is 0.313 e. The monoisotopic (exact) mass is 263 g/mol. The molecule has 0 amide bonds. The summed E-state index contributed by atoms with van der Waals surface area (Å²) in [5.41, 5.74) is 7.60. The first-order valence-corrected chi connectivity index (χ1v) is 6.56. The molecule has 104 valence electrons. The molecule has 1 aromatic rings. The van der Waals surface area contributed by atoms with Crippen molar-refractivity contribution in [3.05, 3.63) is 29.3 Å². The maximum atomic E-state index is 11.8. The lowest BCUT2D eigenvalue weighted by Crippen LogP contribution is -2.37. The number of aryl methyl sites for hydroxylation is 1. The molecular formula is C15H21NO3. The Bertz CT molecular complexity index is 482. The van der Waals surface area contributed by atoms with Gasteiger partial charge in [0.05, 0.1) is 19.1 Å². The van der Waals surface area contributed by atoms with E-state index in [2.05, 4.69) is 0 Å². The first kappa shape index (κ1) is 13.9. The lowest BCUT2D eigenvalue weighted by atomic mass is 9.80. The quantitative estimate of drug-likeness (QED) is 0.849. The highest BCUT2D eigenvalue weighted by molar-refractivity contribution is 5.77. The van der Waals surface area contributed by atoms with E-state index in [9.17, 15) is 4.79 Å². The molecule has 4 heteroatoms. The molecule has 0 spiro atoms. The molecule has 0 radical (unpaired) electrons. The van der Waals surface area contributed by atoms with Gasteiger partial charge in [0.1, 0.15) is 5.75 Å². The third-order valence-electron chi connectivity index (χ3n) is 3.78. The normalized spacial score (nSPS) is 16.2. The highest BCUT2D eigenvalue weighted by Gasteiger charge is 2.36. The summed E-state index contributed by atoms with van der Waals surface area (Å²) in [4.78, 5) is 11.8. The van der Waals surface area contributed by atoms with E-state index < -0.39 is 11.5 Å². The Balaban J connectivity index is 2.29. The molecule has 19 heavy (non-hydrogen) atoms. The molecule has 1 aromatic carbocycles. The number of rotatable bonds is 3. The Morgan fingerprint density at radius 2 is 2.21 bits per heavy atom. The van der Waals surface area contributed by atoms with Gasteiger partial charge in [-0.25, -0.2) is 0 Å². The lowest BCUT2D eigenvalue weighted by molar-refractivity contribution is -0.152. The number of ether oxygens (including phenoxy) is 2. The summed E-state index contributed by atoms with van der Waals surface area (Å²) in [6.07, 6.45) is 2.01. The SMILES string of the molecule is COC(=O)C(C)(C)C(N)c1ccc2c(c1)CCCO2. The minimum absolute atomic E-state index is 0.297. The molecule has 0 aliphatic carbocycles. The molecule has 1 unspecified atom stereocenters. The van der Waals surface area contributed by atoms with Gasteiger partial charge >= 0.3 is 5.97 Å². The highest BCUT2D eigenvalue weighted by atomic mass is 16.5. The number of hydrogen-bond donors (Lipinski definition) is 1. The van der Waals surface area contributed by atoms with Gasteiger partial charge in [-0.3, -0.25) is 4.79 Å². The fourth-order valence-electron chi connectivity index (χ4n) is 2.38. The van der Waals surface area contributed by atoms with Crippen LogP contribution in [0.4, 0.5) is 0 Å². The van der Waals surface area contributed by atoms with Gasteiger partial charge in [-0.15, -0.1) is 0 Å². The van der Waals surface area contributed by atoms with Crippen LogP contribution in [0.3, 0.4) is 0 Å². The average Bonchev–Trinajstić information content (AvgIpc) is 2.44. The number of carbonyl (C=O) groups is 1. The molecule has 4 nitrogen and oxygen atoms in total. The van der Waals surface area contributed by atoms with Crippen molar-refractivity contribution in [2.45, 2.75) is 32.7 Å². The van der Waals surface area contributed by atoms with E-state index in [-0.39, 0.29) is 5.97 Å². The average molecular weight is 263 g/mol. The number of hydrogen-bond acceptors (Lipinski definition) is 4. The van der Waals surface area contributed by atoms with E-state index in [0.29, 0.717) is 0 Å². The molecule has 0 saturated carbocycles. The molecule has 0 aromatic heterocycles. The third kappa shape index (κ3) is 2.59. The van der Waals surface area contributed by atoms with Gasteiger partial charge in [-0.05, 0) is 43.9 Å². The van der Waals surface area contributed by atoms with E-state index in [1.807, 2.05) is 18.2 Å². The first-order valence-electron chi connectivity index (χ1n) is 6.56. The third-order valence-corrected chi connectivity index (χ3v) is 3.78. The molecule has 1 atom stereocenters. The summed E-state index contributed by atoms with van der Waals surface area (Å²) in [6, 6.07) is 5.52. The minimum Gasteiger partial charge on any atom is -0.493 e. The molecule has 2 rings (SSSR count). The van der Waals surface area contributed by atoms with Crippen molar-refractivity contribution in [1.29, 1.82) is 0 Å². The molecule has 0 bridgehead atoms. The van der Waals surface area contributed by atoms with Crippen LogP contribution >= 0.6 is 0 Å². The van der Waals surface area contributed by atoms with Gasteiger partial charge in [0.2, 0.25) is 0 Å². The number of methoxy groups -OCH3 is 1. The minimum atomic E-state index is -0.751. The smallest absolute Gasteiger partial charge is 0.313 e. The lowest BCUT2D eigenvalue weighted by Gasteiger charge is -2.30. The molecule has 1 aliphatic rings. The second-order valence-corrected chi connectivity index (χ2v) is 5.51. The van der Waals surface area contributed by atoms with Crippen molar-refractivity contribution in [2.75, 3.05) is 13.7 Å². The van der Waals surface area contributed by atoms with Crippen molar-refractivity contribution < 1.29 is 14.3 Å². The largest absolute Gasteiger partial charge is 0.493 e. The summed E-state index contributed by atoms with van der Waals surface area (Å²) in [6.45, 7) is 4.38. The van der Waals surface area contributed by atoms with Crippen molar-refractivity contribution in [3.8, 4) is 5.75 Å². The van der Waals surface area contributed by atoms with Crippen molar-refractivity contribution in [2.24, 2.45) is 11.1 Å². The second-order valence-electron chi connectivity index (χ2n) is 5.51. The number of benzene rings is 1. The van der Waals surface area contributed by atoms with Gasteiger partial charge in [0, 0.05) is 6.04 Å². The van der Waals surface area contributed by atoms with Gasteiger partial charge in [-0.2, -0.15) is 0 Å². The zero-order valence-electron chi connectivity index (χ0n) is 11.7. The fourth-order valence-corrected chi connectivity index (χ4v) is 2.38. The van der Waals surface area contributed by atoms with Gasteiger partial charge in [0.25, 0.3) is 0 Å². The molecule has 0 fully saturated rings. The molecule has 1 heterocycles. The van der Waals surface area contributed by atoms with Gasteiger partial charge < -0.3 is 15.2 Å². The van der Waals surface area contributed by atoms with Crippen LogP contribution in [0.1, 0.15) is 37.4 Å². The summed E-state index contributed by atoms with van der Waals surface area (Å²) in [5.74, 6) is 0.632. The Labute approximate surface area is 113 Å². The van der Waals surface area contributed by atoms with E-state index in [4.69, 9.17) is 15.2 Å². The van der Waals surface area contributed by atoms with Crippen LogP contribution in [0.15, 0.2) is 18.2 Å². The Morgan fingerprint density at radius 3 is 2.89 bits per heavy atom. The zero-order chi connectivity index (χ0) is 14.0. The zero-order valence-corrected chi connectivity index (χ0v) is 11.7. The first-order chi connectivity index (χ1) is 8.96. The van der Waals surface area contributed by atoms with Crippen LogP contribution in [0.25, 0.3) is 0 Å². The summed E-state index contributed by atoms with van der Waals surface area (Å²) < 4.78 is 10.4. The van der Waals surface area contributed by atoms with Crippen LogP contribution in [-0.2, 0) is 16.0 Å². The molecule has 2 N–H and O–H groups in total. The van der Waals surface area contributed by atoms with Crippen LogP contribution in [0, 0.1) is 5.41 Å². The topological polar surface area (TPSA) is 61.5 Å². The van der Waals surface area contributed by atoms with Crippen molar-refractivity contribution in [1.82, 2.24) is 0 Å². The predicted molar refractivity (Wildman–Crippen MR) is 73.0 cm³/mol. The summed E-state index contributed by atoms with van der Waals surface area (Å²) in [5, 5.41) is 0. The molecule has 0 saturated heterocycles. The van der Waals surface area contributed by atoms with Crippen molar-refractivity contribution >= 4 is 5.97 Å². The van der Waals surface area contributed by atoms with E-state index in [0.717, 1.165) is 30.8 Å². The predicted octanol–water partition coefficient (Wildman–Crippen LogP) is 2.21. The maximum absolute atomic E-state index is 11.8.